The Balaban J connectivity index is 1.64. The maximum Gasteiger partial charge on any atom is 0.317 e. The van der Waals surface area contributed by atoms with E-state index < -0.39 is 17.0 Å². The van der Waals surface area contributed by atoms with E-state index in [0.717, 1.165) is 31.7 Å². The topological polar surface area (TPSA) is 52.6 Å². The fraction of sp³-hybridized carbons (Fsp3) is 0.562. The Bertz CT molecular complexity index is 571. The van der Waals surface area contributed by atoms with E-state index in [9.17, 15) is 13.6 Å². The minimum absolute atomic E-state index is 0.0678. The molecule has 2 N–H and O–H groups in total. The molecule has 120 valence electrons. The number of nitrogens with one attached hydrogen (secondary N) is 1. The molecule has 6 heteroatoms. The first-order valence-corrected chi connectivity index (χ1v) is 7.67. The average Bonchev–Trinajstić information content (AvgIpc) is 3.36. The van der Waals surface area contributed by atoms with E-state index in [4.69, 9.17) is 5.11 Å². The second-order valence-corrected chi connectivity index (χ2v) is 6.21. The summed E-state index contributed by atoms with van der Waals surface area (Å²) in [6.07, 6.45) is 3.48. The molecule has 2 aliphatic carbocycles. The molecule has 2 amide bonds. The van der Waals surface area contributed by atoms with Gasteiger partial charge >= 0.3 is 6.03 Å². The number of hydrogen-bond acceptors (Lipinski definition) is 2. The number of carbonyl (C=O) groups is 1. The van der Waals surface area contributed by atoms with Crippen molar-refractivity contribution in [1.29, 1.82) is 0 Å². The molecule has 0 aromatic heterocycles. The predicted molar refractivity (Wildman–Crippen MR) is 77.5 cm³/mol. The normalized spacial score (nSPS) is 18.9. The third kappa shape index (κ3) is 3.06. The lowest BCUT2D eigenvalue weighted by Gasteiger charge is -2.24. The molecule has 2 fully saturated rings. The number of carbonyl (C=O) groups excluding carboxylic acids is 1. The van der Waals surface area contributed by atoms with E-state index in [-0.39, 0.29) is 18.7 Å². The van der Waals surface area contributed by atoms with Crippen molar-refractivity contribution in [2.45, 2.75) is 37.1 Å². The van der Waals surface area contributed by atoms with Crippen LogP contribution in [0.4, 0.5) is 13.6 Å². The summed E-state index contributed by atoms with van der Waals surface area (Å²) in [4.78, 5) is 13.8. The number of benzene rings is 1. The summed E-state index contributed by atoms with van der Waals surface area (Å²) in [6, 6.07) is 3.60. The van der Waals surface area contributed by atoms with Crippen LogP contribution in [0.15, 0.2) is 18.2 Å². The second-order valence-electron chi connectivity index (χ2n) is 6.21. The molecule has 0 unspecified atom stereocenters. The van der Waals surface area contributed by atoms with Crippen molar-refractivity contribution in [3.8, 4) is 0 Å². The van der Waals surface area contributed by atoms with Crippen LogP contribution in [0.2, 0.25) is 0 Å². The number of amides is 2. The summed E-state index contributed by atoms with van der Waals surface area (Å²) in [5, 5.41) is 11.9. The van der Waals surface area contributed by atoms with Crippen molar-refractivity contribution in [3.63, 3.8) is 0 Å². The SMILES string of the molecule is O=C(NCC1(c2ccc(F)cc2F)CC1)N(CCO)C1CC1. The van der Waals surface area contributed by atoms with Crippen molar-refractivity contribution in [2.24, 2.45) is 0 Å². The van der Waals surface area contributed by atoms with Crippen LogP contribution in [-0.4, -0.2) is 41.8 Å². The lowest BCUT2D eigenvalue weighted by molar-refractivity contribution is 0.173. The number of halogens is 2. The fourth-order valence-corrected chi connectivity index (χ4v) is 2.90. The predicted octanol–water partition coefficient (Wildman–Crippen LogP) is 2.16. The van der Waals surface area contributed by atoms with Crippen molar-refractivity contribution in [1.82, 2.24) is 10.2 Å². The Morgan fingerprint density at radius 2 is 2.09 bits per heavy atom. The number of hydrogen-bond donors (Lipinski definition) is 2. The van der Waals surface area contributed by atoms with E-state index in [1.165, 1.54) is 12.1 Å². The number of urea groups is 1. The van der Waals surface area contributed by atoms with Crippen LogP contribution in [0.5, 0.6) is 0 Å². The summed E-state index contributed by atoms with van der Waals surface area (Å²) in [6.45, 7) is 0.582. The first-order valence-electron chi connectivity index (χ1n) is 7.67. The highest BCUT2D eigenvalue weighted by Crippen LogP contribution is 2.48. The van der Waals surface area contributed by atoms with Crippen molar-refractivity contribution in [2.75, 3.05) is 19.7 Å². The van der Waals surface area contributed by atoms with E-state index in [2.05, 4.69) is 5.32 Å². The molecule has 2 saturated carbocycles. The van der Waals surface area contributed by atoms with Crippen LogP contribution in [0.1, 0.15) is 31.2 Å². The van der Waals surface area contributed by atoms with Gasteiger partial charge in [0.15, 0.2) is 0 Å². The quantitative estimate of drug-likeness (QED) is 0.846. The molecule has 0 radical (unpaired) electrons. The summed E-state index contributed by atoms with van der Waals surface area (Å²) in [5.41, 5.74) is 0.0522. The van der Waals surface area contributed by atoms with E-state index >= 15 is 0 Å². The van der Waals surface area contributed by atoms with Crippen molar-refractivity contribution in [3.05, 3.63) is 35.4 Å². The van der Waals surface area contributed by atoms with Crippen LogP contribution < -0.4 is 5.32 Å². The van der Waals surface area contributed by atoms with E-state index in [1.807, 2.05) is 0 Å². The average molecular weight is 310 g/mol. The molecule has 22 heavy (non-hydrogen) atoms. The molecule has 0 saturated heterocycles. The molecule has 2 aliphatic rings. The summed E-state index contributed by atoms with van der Waals surface area (Å²) in [5.74, 6) is -1.15. The van der Waals surface area contributed by atoms with Gasteiger partial charge in [-0.2, -0.15) is 0 Å². The van der Waals surface area contributed by atoms with E-state index in [1.54, 1.807) is 4.90 Å². The molecule has 1 aromatic carbocycles. The van der Waals surface area contributed by atoms with Gasteiger partial charge in [-0.3, -0.25) is 0 Å². The Labute approximate surface area is 128 Å². The highest BCUT2D eigenvalue weighted by atomic mass is 19.1. The van der Waals surface area contributed by atoms with Gasteiger partial charge in [0, 0.05) is 30.6 Å². The lowest BCUT2D eigenvalue weighted by Crippen LogP contribution is -2.45. The van der Waals surface area contributed by atoms with Crippen LogP contribution in [0.3, 0.4) is 0 Å². The van der Waals surface area contributed by atoms with Gasteiger partial charge in [-0.25, -0.2) is 13.6 Å². The number of aliphatic hydroxyl groups is 1. The highest BCUT2D eigenvalue weighted by molar-refractivity contribution is 5.75. The monoisotopic (exact) mass is 310 g/mol. The number of aliphatic hydroxyl groups excluding tert-OH is 1. The zero-order valence-electron chi connectivity index (χ0n) is 12.3. The Morgan fingerprint density at radius 3 is 2.64 bits per heavy atom. The highest BCUT2D eigenvalue weighted by Gasteiger charge is 2.46. The third-order valence-electron chi connectivity index (χ3n) is 4.52. The Kier molecular flexibility index (Phi) is 4.04. The summed E-state index contributed by atoms with van der Waals surface area (Å²) < 4.78 is 26.9. The molecule has 0 bridgehead atoms. The van der Waals surface area contributed by atoms with Gasteiger partial charge in [0.2, 0.25) is 0 Å². The zero-order chi connectivity index (χ0) is 15.7. The van der Waals surface area contributed by atoms with Gasteiger partial charge in [-0.05, 0) is 37.3 Å². The van der Waals surface area contributed by atoms with Gasteiger partial charge < -0.3 is 15.3 Å². The second kappa shape index (κ2) is 5.83. The minimum atomic E-state index is -0.594. The van der Waals surface area contributed by atoms with Crippen LogP contribution in [-0.2, 0) is 5.41 Å². The molecule has 4 nitrogen and oxygen atoms in total. The van der Waals surface area contributed by atoms with Gasteiger partial charge in [0.25, 0.3) is 0 Å². The summed E-state index contributed by atoms with van der Waals surface area (Å²) in [7, 11) is 0. The molecule has 0 atom stereocenters. The van der Waals surface area contributed by atoms with Gasteiger partial charge in [-0.15, -0.1) is 0 Å². The molecular weight excluding hydrogens is 290 g/mol. The minimum Gasteiger partial charge on any atom is -0.395 e. The third-order valence-corrected chi connectivity index (χ3v) is 4.52. The molecule has 0 spiro atoms. The molecule has 3 rings (SSSR count). The fourth-order valence-electron chi connectivity index (χ4n) is 2.90. The zero-order valence-corrected chi connectivity index (χ0v) is 12.3. The van der Waals surface area contributed by atoms with Crippen LogP contribution in [0.25, 0.3) is 0 Å². The van der Waals surface area contributed by atoms with Crippen LogP contribution >= 0.6 is 0 Å². The molecule has 0 heterocycles. The largest absolute Gasteiger partial charge is 0.395 e. The van der Waals surface area contributed by atoms with Gasteiger partial charge in [-0.1, -0.05) is 6.07 Å². The van der Waals surface area contributed by atoms with Gasteiger partial charge in [0.1, 0.15) is 11.6 Å². The maximum absolute atomic E-state index is 13.9. The first kappa shape index (κ1) is 15.2. The van der Waals surface area contributed by atoms with E-state index in [0.29, 0.717) is 18.7 Å². The summed E-state index contributed by atoms with van der Waals surface area (Å²) >= 11 is 0. The molecular formula is C16H20F2N2O2. The van der Waals surface area contributed by atoms with Crippen molar-refractivity contribution < 1.29 is 18.7 Å². The Morgan fingerprint density at radius 1 is 1.36 bits per heavy atom. The lowest BCUT2D eigenvalue weighted by atomic mass is 9.95. The molecule has 1 aromatic rings. The smallest absolute Gasteiger partial charge is 0.317 e. The number of rotatable bonds is 6. The van der Waals surface area contributed by atoms with Crippen molar-refractivity contribution >= 4 is 6.03 Å². The number of nitrogens with zero attached hydrogens (tertiary/aromatic N) is 1. The van der Waals surface area contributed by atoms with Gasteiger partial charge in [0.05, 0.1) is 6.61 Å². The maximum atomic E-state index is 13.9. The first-order chi connectivity index (χ1) is 10.6. The van der Waals surface area contributed by atoms with Crippen LogP contribution in [0, 0.1) is 11.6 Å². The Hall–Kier alpha value is -1.69. The molecule has 0 aliphatic heterocycles. The standard InChI is InChI=1S/C16H20F2N2O2/c17-11-1-4-13(14(18)9-11)16(5-6-16)10-19-15(22)20(7-8-21)12-2-3-12/h1,4,9,12,21H,2-3,5-8,10H2,(H,19,22).